The van der Waals surface area contributed by atoms with Crippen LogP contribution in [0.25, 0.3) is 0 Å². The summed E-state index contributed by atoms with van der Waals surface area (Å²) in [4.78, 5) is 0. The Kier molecular flexibility index (Phi) is 4.67. The van der Waals surface area contributed by atoms with Crippen molar-refractivity contribution in [3.8, 4) is 0 Å². The standard InChI is InChI=1S/C14H23N3O2S/c1-12-6-4-5-7-14(12)15-13-8-10-17(11-9-13)20(18,19)16(2)3/h4-7,13,15H,8-11H2,1-3H3. The first-order valence-electron chi connectivity index (χ1n) is 6.91. The zero-order chi connectivity index (χ0) is 14.8. The van der Waals surface area contributed by atoms with Crippen molar-refractivity contribution in [3.05, 3.63) is 29.8 Å². The fraction of sp³-hybridized carbons (Fsp3) is 0.571. The highest BCUT2D eigenvalue weighted by molar-refractivity contribution is 7.86. The van der Waals surface area contributed by atoms with Gasteiger partial charge in [-0.3, -0.25) is 0 Å². The molecular weight excluding hydrogens is 274 g/mol. The average molecular weight is 297 g/mol. The Labute approximate surface area is 121 Å². The van der Waals surface area contributed by atoms with Crippen molar-refractivity contribution in [1.29, 1.82) is 0 Å². The molecule has 1 aliphatic heterocycles. The van der Waals surface area contributed by atoms with Crippen molar-refractivity contribution < 1.29 is 8.42 Å². The highest BCUT2D eigenvalue weighted by atomic mass is 32.2. The fourth-order valence-electron chi connectivity index (χ4n) is 2.42. The van der Waals surface area contributed by atoms with E-state index in [1.165, 1.54) is 9.87 Å². The van der Waals surface area contributed by atoms with E-state index in [1.807, 2.05) is 12.1 Å². The number of piperidine rings is 1. The van der Waals surface area contributed by atoms with Gasteiger partial charge in [0.1, 0.15) is 0 Å². The largest absolute Gasteiger partial charge is 0.382 e. The van der Waals surface area contributed by atoms with Crippen LogP contribution in [0.1, 0.15) is 18.4 Å². The molecule has 5 nitrogen and oxygen atoms in total. The minimum absolute atomic E-state index is 0.338. The van der Waals surface area contributed by atoms with E-state index in [0.717, 1.165) is 18.5 Å². The Balaban J connectivity index is 1.94. The predicted molar refractivity (Wildman–Crippen MR) is 82.0 cm³/mol. The molecular formula is C14H23N3O2S. The Hall–Kier alpha value is -1.11. The van der Waals surface area contributed by atoms with Crippen LogP contribution >= 0.6 is 0 Å². The van der Waals surface area contributed by atoms with Gasteiger partial charge in [-0.05, 0) is 31.4 Å². The normalized spacial score (nSPS) is 18.4. The lowest BCUT2D eigenvalue weighted by molar-refractivity contribution is 0.311. The van der Waals surface area contributed by atoms with Gasteiger partial charge in [0.05, 0.1) is 0 Å². The molecule has 0 aliphatic carbocycles. The first kappa shape index (κ1) is 15.3. The van der Waals surface area contributed by atoms with Crippen LogP contribution in [-0.2, 0) is 10.2 Å². The molecule has 1 aromatic rings. The van der Waals surface area contributed by atoms with Gasteiger partial charge in [0.25, 0.3) is 10.2 Å². The number of hydrogen-bond donors (Lipinski definition) is 1. The van der Waals surface area contributed by atoms with Crippen LogP contribution in [-0.4, -0.2) is 50.3 Å². The fourth-order valence-corrected chi connectivity index (χ4v) is 3.55. The molecule has 1 saturated heterocycles. The number of nitrogens with zero attached hydrogens (tertiary/aromatic N) is 2. The zero-order valence-corrected chi connectivity index (χ0v) is 13.2. The maximum absolute atomic E-state index is 12.0. The lowest BCUT2D eigenvalue weighted by atomic mass is 10.1. The Morgan fingerprint density at radius 1 is 1.20 bits per heavy atom. The van der Waals surface area contributed by atoms with Crippen molar-refractivity contribution in [2.75, 3.05) is 32.5 Å². The maximum Gasteiger partial charge on any atom is 0.281 e. The van der Waals surface area contributed by atoms with E-state index in [-0.39, 0.29) is 0 Å². The molecule has 0 spiro atoms. The number of anilines is 1. The zero-order valence-electron chi connectivity index (χ0n) is 12.3. The van der Waals surface area contributed by atoms with E-state index in [2.05, 4.69) is 24.4 Å². The third kappa shape index (κ3) is 3.31. The van der Waals surface area contributed by atoms with Crippen LogP contribution < -0.4 is 5.32 Å². The minimum Gasteiger partial charge on any atom is -0.382 e. The number of para-hydroxylation sites is 1. The summed E-state index contributed by atoms with van der Waals surface area (Å²) < 4.78 is 26.9. The molecule has 1 aliphatic rings. The Morgan fingerprint density at radius 3 is 2.35 bits per heavy atom. The summed E-state index contributed by atoms with van der Waals surface area (Å²) in [6.45, 7) is 3.22. The van der Waals surface area contributed by atoms with Gasteiger partial charge < -0.3 is 5.32 Å². The highest BCUT2D eigenvalue weighted by Gasteiger charge is 2.29. The van der Waals surface area contributed by atoms with Gasteiger partial charge in [-0.25, -0.2) is 0 Å². The second kappa shape index (κ2) is 6.11. The summed E-state index contributed by atoms with van der Waals surface area (Å²) in [5.74, 6) is 0. The van der Waals surface area contributed by atoms with E-state index in [0.29, 0.717) is 19.1 Å². The number of rotatable bonds is 4. The molecule has 20 heavy (non-hydrogen) atoms. The molecule has 0 amide bonds. The average Bonchev–Trinajstić information content (AvgIpc) is 2.42. The van der Waals surface area contributed by atoms with Gasteiger partial charge in [0.2, 0.25) is 0 Å². The van der Waals surface area contributed by atoms with Crippen LogP contribution in [0.2, 0.25) is 0 Å². The van der Waals surface area contributed by atoms with Crippen LogP contribution in [0, 0.1) is 6.92 Å². The molecule has 6 heteroatoms. The monoisotopic (exact) mass is 297 g/mol. The van der Waals surface area contributed by atoms with Gasteiger partial charge in [0, 0.05) is 38.9 Å². The summed E-state index contributed by atoms with van der Waals surface area (Å²) >= 11 is 0. The third-order valence-electron chi connectivity index (χ3n) is 3.75. The molecule has 0 radical (unpaired) electrons. The van der Waals surface area contributed by atoms with Crippen molar-refractivity contribution in [3.63, 3.8) is 0 Å². The summed E-state index contributed by atoms with van der Waals surface area (Å²) in [7, 11) is -0.113. The third-order valence-corrected chi connectivity index (χ3v) is 5.69. The SMILES string of the molecule is Cc1ccccc1NC1CCN(S(=O)(=O)N(C)C)CC1. The van der Waals surface area contributed by atoms with E-state index in [9.17, 15) is 8.42 Å². The molecule has 1 aromatic carbocycles. The van der Waals surface area contributed by atoms with E-state index in [4.69, 9.17) is 0 Å². The molecule has 2 rings (SSSR count). The summed E-state index contributed by atoms with van der Waals surface area (Å²) in [5.41, 5.74) is 2.36. The lowest BCUT2D eigenvalue weighted by Gasteiger charge is -2.33. The van der Waals surface area contributed by atoms with Gasteiger partial charge in [-0.15, -0.1) is 0 Å². The topological polar surface area (TPSA) is 52.7 Å². The van der Waals surface area contributed by atoms with Crippen LogP contribution in [0.15, 0.2) is 24.3 Å². The number of aryl methyl sites for hydroxylation is 1. The predicted octanol–water partition coefficient (Wildman–Crippen LogP) is 1.68. The lowest BCUT2D eigenvalue weighted by Crippen LogP contribution is -2.46. The van der Waals surface area contributed by atoms with Crippen LogP contribution in [0.4, 0.5) is 5.69 Å². The van der Waals surface area contributed by atoms with E-state index in [1.54, 1.807) is 18.4 Å². The molecule has 0 bridgehead atoms. The summed E-state index contributed by atoms with van der Waals surface area (Å²) in [6.07, 6.45) is 1.67. The molecule has 1 heterocycles. The van der Waals surface area contributed by atoms with Crippen molar-refractivity contribution in [2.24, 2.45) is 0 Å². The van der Waals surface area contributed by atoms with E-state index >= 15 is 0 Å². The highest BCUT2D eigenvalue weighted by Crippen LogP contribution is 2.21. The smallest absolute Gasteiger partial charge is 0.281 e. The minimum atomic E-state index is -3.27. The molecule has 112 valence electrons. The van der Waals surface area contributed by atoms with Crippen LogP contribution in [0.3, 0.4) is 0 Å². The first-order chi connectivity index (χ1) is 9.41. The van der Waals surface area contributed by atoms with Gasteiger partial charge in [-0.1, -0.05) is 18.2 Å². The van der Waals surface area contributed by atoms with Crippen molar-refractivity contribution in [1.82, 2.24) is 8.61 Å². The van der Waals surface area contributed by atoms with Crippen LogP contribution in [0.5, 0.6) is 0 Å². The first-order valence-corrected chi connectivity index (χ1v) is 8.30. The number of hydrogen-bond acceptors (Lipinski definition) is 3. The molecule has 1 N–H and O–H groups in total. The van der Waals surface area contributed by atoms with Gasteiger partial charge >= 0.3 is 0 Å². The molecule has 0 aromatic heterocycles. The molecule has 0 saturated carbocycles. The Morgan fingerprint density at radius 2 is 1.80 bits per heavy atom. The van der Waals surface area contributed by atoms with E-state index < -0.39 is 10.2 Å². The quantitative estimate of drug-likeness (QED) is 0.920. The number of benzene rings is 1. The second-order valence-corrected chi connectivity index (χ2v) is 7.57. The maximum atomic E-state index is 12.0. The van der Waals surface area contributed by atoms with Crippen molar-refractivity contribution in [2.45, 2.75) is 25.8 Å². The van der Waals surface area contributed by atoms with Gasteiger partial charge in [0.15, 0.2) is 0 Å². The van der Waals surface area contributed by atoms with Crippen molar-refractivity contribution >= 4 is 15.9 Å². The Bertz CT molecular complexity index is 549. The molecule has 0 atom stereocenters. The van der Waals surface area contributed by atoms with Gasteiger partial charge in [-0.2, -0.15) is 17.0 Å². The number of nitrogens with one attached hydrogen (secondary N) is 1. The second-order valence-electron chi connectivity index (χ2n) is 5.42. The summed E-state index contributed by atoms with van der Waals surface area (Å²) in [6, 6.07) is 8.52. The summed E-state index contributed by atoms with van der Waals surface area (Å²) in [5, 5.41) is 3.52. The molecule has 0 unspecified atom stereocenters. The molecule has 1 fully saturated rings.